The van der Waals surface area contributed by atoms with Gasteiger partial charge in [-0.15, -0.1) is 0 Å². The van der Waals surface area contributed by atoms with Crippen LogP contribution in [0.4, 0.5) is 0 Å². The second-order valence-corrected chi connectivity index (χ2v) is 5.08. The summed E-state index contributed by atoms with van der Waals surface area (Å²) in [5.74, 6) is 0.477. The van der Waals surface area contributed by atoms with Crippen molar-refractivity contribution in [3.05, 3.63) is 28.5 Å². The maximum atomic E-state index is 6.00. The molecule has 1 saturated carbocycles. The first-order chi connectivity index (χ1) is 6.05. The molecular weight excluding hydrogens is 228 g/mol. The average Bonchev–Trinajstić information content (AvgIpc) is 2.54. The van der Waals surface area contributed by atoms with Crippen LogP contribution in [0.15, 0.2) is 22.9 Å². The third-order valence-electron chi connectivity index (χ3n) is 3.05. The van der Waals surface area contributed by atoms with Crippen molar-refractivity contribution in [2.24, 2.45) is 11.1 Å². The van der Waals surface area contributed by atoms with E-state index in [0.717, 1.165) is 4.47 Å². The normalized spacial score (nSPS) is 30.2. The summed E-state index contributed by atoms with van der Waals surface area (Å²) in [4.78, 5) is 4.04. The molecule has 0 saturated heterocycles. The largest absolute Gasteiger partial charge is 0.327 e. The Hall–Kier alpha value is -0.410. The first-order valence-corrected chi connectivity index (χ1v) is 5.19. The first-order valence-electron chi connectivity index (χ1n) is 4.40. The van der Waals surface area contributed by atoms with Crippen molar-refractivity contribution in [2.45, 2.75) is 25.8 Å². The highest BCUT2D eigenvalue weighted by atomic mass is 79.9. The standard InChI is InChI=1S/C10H13BrN2/c1-10(2)8(9(10)12)6-3-4-13-5-7(6)11/h3-5,8-9H,12H2,1-2H3/t8-,9-/m0/s1. The summed E-state index contributed by atoms with van der Waals surface area (Å²) in [6, 6.07) is 2.33. The van der Waals surface area contributed by atoms with Crippen LogP contribution in [0.5, 0.6) is 0 Å². The molecule has 0 spiro atoms. The highest BCUT2D eigenvalue weighted by molar-refractivity contribution is 9.10. The minimum Gasteiger partial charge on any atom is -0.327 e. The summed E-state index contributed by atoms with van der Waals surface area (Å²) in [5.41, 5.74) is 7.53. The number of rotatable bonds is 1. The average molecular weight is 241 g/mol. The number of aromatic nitrogens is 1. The number of nitrogens with zero attached hydrogens (tertiary/aromatic N) is 1. The predicted molar refractivity (Wildman–Crippen MR) is 56.4 cm³/mol. The molecule has 2 N–H and O–H groups in total. The van der Waals surface area contributed by atoms with Gasteiger partial charge in [-0.3, -0.25) is 4.98 Å². The molecule has 0 bridgehead atoms. The molecule has 1 aliphatic carbocycles. The Morgan fingerprint density at radius 2 is 2.15 bits per heavy atom. The lowest BCUT2D eigenvalue weighted by molar-refractivity contribution is 0.598. The van der Waals surface area contributed by atoms with Crippen molar-refractivity contribution >= 4 is 15.9 Å². The molecule has 0 aliphatic heterocycles. The Bertz CT molecular complexity index is 335. The molecule has 1 aliphatic rings. The van der Waals surface area contributed by atoms with Crippen LogP contribution < -0.4 is 5.73 Å². The van der Waals surface area contributed by atoms with Crippen molar-refractivity contribution in [2.75, 3.05) is 0 Å². The molecule has 2 nitrogen and oxygen atoms in total. The minimum atomic E-state index is 0.240. The van der Waals surface area contributed by atoms with Gasteiger partial charge in [0.25, 0.3) is 0 Å². The molecule has 1 aromatic rings. The van der Waals surface area contributed by atoms with Crippen LogP contribution in [0.25, 0.3) is 0 Å². The molecule has 3 heteroatoms. The van der Waals surface area contributed by atoms with Crippen molar-refractivity contribution in [3.8, 4) is 0 Å². The van der Waals surface area contributed by atoms with Gasteiger partial charge < -0.3 is 5.73 Å². The summed E-state index contributed by atoms with van der Waals surface area (Å²) in [7, 11) is 0. The van der Waals surface area contributed by atoms with Crippen molar-refractivity contribution in [1.29, 1.82) is 0 Å². The fourth-order valence-corrected chi connectivity index (χ4v) is 2.41. The summed E-state index contributed by atoms with van der Waals surface area (Å²) >= 11 is 3.50. The molecular formula is C10H13BrN2. The van der Waals surface area contributed by atoms with Crippen molar-refractivity contribution in [3.63, 3.8) is 0 Å². The van der Waals surface area contributed by atoms with Crippen molar-refractivity contribution < 1.29 is 0 Å². The molecule has 0 aromatic carbocycles. The summed E-state index contributed by atoms with van der Waals surface area (Å²) in [6.07, 6.45) is 3.65. The van der Waals surface area contributed by atoms with Crippen LogP contribution in [0, 0.1) is 5.41 Å². The van der Waals surface area contributed by atoms with E-state index in [9.17, 15) is 0 Å². The van der Waals surface area contributed by atoms with E-state index in [-0.39, 0.29) is 11.5 Å². The Morgan fingerprint density at radius 1 is 1.54 bits per heavy atom. The van der Waals surface area contributed by atoms with Gasteiger partial charge in [-0.05, 0) is 33.0 Å². The zero-order valence-corrected chi connectivity index (χ0v) is 9.38. The summed E-state index contributed by atoms with van der Waals surface area (Å²) in [5, 5.41) is 0. The third-order valence-corrected chi connectivity index (χ3v) is 3.71. The molecule has 1 aromatic heterocycles. The van der Waals surface area contributed by atoms with Gasteiger partial charge in [0.15, 0.2) is 0 Å². The topological polar surface area (TPSA) is 38.9 Å². The Kier molecular flexibility index (Phi) is 1.96. The second kappa shape index (κ2) is 2.79. The monoisotopic (exact) mass is 240 g/mol. The fraction of sp³-hybridized carbons (Fsp3) is 0.500. The lowest BCUT2D eigenvalue weighted by Crippen LogP contribution is -2.06. The van der Waals surface area contributed by atoms with Crippen LogP contribution in [-0.2, 0) is 0 Å². The van der Waals surface area contributed by atoms with Crippen LogP contribution in [0.1, 0.15) is 25.3 Å². The van der Waals surface area contributed by atoms with Gasteiger partial charge in [0.2, 0.25) is 0 Å². The zero-order valence-electron chi connectivity index (χ0n) is 7.79. The number of nitrogens with two attached hydrogens (primary N) is 1. The van der Waals surface area contributed by atoms with Gasteiger partial charge in [0.05, 0.1) is 0 Å². The molecule has 70 valence electrons. The zero-order chi connectivity index (χ0) is 9.64. The van der Waals surface area contributed by atoms with E-state index in [2.05, 4.69) is 34.8 Å². The summed E-state index contributed by atoms with van der Waals surface area (Å²) in [6.45, 7) is 4.41. The number of hydrogen-bond acceptors (Lipinski definition) is 2. The molecule has 13 heavy (non-hydrogen) atoms. The molecule has 2 atom stereocenters. The van der Waals surface area contributed by atoms with E-state index >= 15 is 0 Å². The highest BCUT2D eigenvalue weighted by Gasteiger charge is 2.56. The molecule has 1 fully saturated rings. The first kappa shape index (κ1) is 9.16. The van der Waals surface area contributed by atoms with Gasteiger partial charge >= 0.3 is 0 Å². The third kappa shape index (κ3) is 1.30. The van der Waals surface area contributed by atoms with Crippen LogP contribution in [-0.4, -0.2) is 11.0 Å². The van der Waals surface area contributed by atoms with Crippen molar-refractivity contribution in [1.82, 2.24) is 4.98 Å². The Balaban J connectivity index is 2.34. The van der Waals surface area contributed by atoms with E-state index in [0.29, 0.717) is 5.92 Å². The number of pyridine rings is 1. The maximum Gasteiger partial charge on any atom is 0.0413 e. The molecule has 1 heterocycles. The van der Waals surface area contributed by atoms with Gasteiger partial charge in [0.1, 0.15) is 0 Å². The van der Waals surface area contributed by atoms with Crippen LogP contribution in [0.3, 0.4) is 0 Å². The molecule has 0 radical (unpaired) electrons. The van der Waals surface area contributed by atoms with E-state index in [4.69, 9.17) is 5.73 Å². The van der Waals surface area contributed by atoms with Gasteiger partial charge in [0, 0.05) is 28.8 Å². The molecule has 0 amide bonds. The number of hydrogen-bond donors (Lipinski definition) is 1. The van der Waals surface area contributed by atoms with E-state index in [1.54, 1.807) is 0 Å². The van der Waals surface area contributed by atoms with E-state index < -0.39 is 0 Å². The Morgan fingerprint density at radius 3 is 2.62 bits per heavy atom. The van der Waals surface area contributed by atoms with E-state index in [1.807, 2.05) is 18.5 Å². The van der Waals surface area contributed by atoms with Crippen LogP contribution in [0.2, 0.25) is 0 Å². The lowest BCUT2D eigenvalue weighted by atomic mass is 10.0. The smallest absolute Gasteiger partial charge is 0.0413 e. The van der Waals surface area contributed by atoms with Gasteiger partial charge in [-0.2, -0.15) is 0 Å². The molecule has 0 unspecified atom stereocenters. The highest BCUT2D eigenvalue weighted by Crippen LogP contribution is 2.58. The fourth-order valence-electron chi connectivity index (χ4n) is 1.91. The van der Waals surface area contributed by atoms with Crippen LogP contribution >= 0.6 is 15.9 Å². The Labute approximate surface area is 86.7 Å². The maximum absolute atomic E-state index is 6.00. The predicted octanol–water partition coefficient (Wildman–Crippen LogP) is 2.29. The SMILES string of the molecule is CC1(C)[C@@H](N)[C@@H]1c1ccncc1Br. The summed E-state index contributed by atoms with van der Waals surface area (Å²) < 4.78 is 1.07. The number of halogens is 1. The van der Waals surface area contributed by atoms with Gasteiger partial charge in [-0.1, -0.05) is 13.8 Å². The quantitative estimate of drug-likeness (QED) is 0.819. The minimum absolute atomic E-state index is 0.240. The second-order valence-electron chi connectivity index (χ2n) is 4.22. The van der Waals surface area contributed by atoms with E-state index in [1.165, 1.54) is 5.56 Å². The lowest BCUT2D eigenvalue weighted by Gasteiger charge is -2.04. The molecule has 2 rings (SSSR count). The van der Waals surface area contributed by atoms with Gasteiger partial charge in [-0.25, -0.2) is 0 Å².